The first kappa shape index (κ1) is 30.2. The van der Waals surface area contributed by atoms with E-state index in [0.717, 1.165) is 11.6 Å². The summed E-state index contributed by atoms with van der Waals surface area (Å²) in [6.45, 7) is 3.52. The van der Waals surface area contributed by atoms with Gasteiger partial charge in [0.15, 0.2) is 6.29 Å². The second-order valence-electron chi connectivity index (χ2n) is 11.0. The molecule has 45 heavy (non-hydrogen) atoms. The van der Waals surface area contributed by atoms with E-state index in [1.807, 2.05) is 146 Å². The lowest BCUT2D eigenvalue weighted by molar-refractivity contribution is -0.138. The zero-order chi connectivity index (χ0) is 31.3. The van der Waals surface area contributed by atoms with Gasteiger partial charge in [0.25, 0.3) is 0 Å². The summed E-state index contributed by atoms with van der Waals surface area (Å²) in [6, 6.07) is 44.6. The largest absolute Gasteiger partial charge is 0.458 e. The standard InChI is InChI=1S/C39H34O6/c1-2-34(40)43-27-28-23-25-29(26-24-28)37-44-35(38(41,30-15-7-3-8-16-30)31-17-9-4-10-18-31)36(45-37)39(42,32-19-11-5-12-20-32)33-21-13-6-14-22-33/h2-26,35-37,41-42H,1,27H2/t35-,36-/m1/s1. The van der Waals surface area contributed by atoms with E-state index in [9.17, 15) is 15.0 Å². The first-order chi connectivity index (χ1) is 21.9. The number of carbonyl (C=O) groups excluding carboxylic acids is 1. The van der Waals surface area contributed by atoms with Crippen molar-refractivity contribution in [3.05, 3.63) is 192 Å². The van der Waals surface area contributed by atoms with Crippen molar-refractivity contribution in [1.82, 2.24) is 0 Å². The van der Waals surface area contributed by atoms with E-state index in [-0.39, 0.29) is 6.61 Å². The summed E-state index contributed by atoms with van der Waals surface area (Å²) >= 11 is 0. The summed E-state index contributed by atoms with van der Waals surface area (Å²) in [5.41, 5.74) is 0.382. The summed E-state index contributed by atoms with van der Waals surface area (Å²) in [5.74, 6) is -0.505. The number of rotatable bonds is 10. The van der Waals surface area contributed by atoms with Gasteiger partial charge >= 0.3 is 5.97 Å². The van der Waals surface area contributed by atoms with Crippen molar-refractivity contribution in [3.63, 3.8) is 0 Å². The normalized spacial score (nSPS) is 17.1. The molecule has 0 radical (unpaired) electrons. The maximum Gasteiger partial charge on any atom is 0.330 e. The molecule has 6 heteroatoms. The van der Waals surface area contributed by atoms with Crippen molar-refractivity contribution in [2.45, 2.75) is 36.3 Å². The van der Waals surface area contributed by atoms with Crippen molar-refractivity contribution >= 4 is 5.97 Å². The zero-order valence-electron chi connectivity index (χ0n) is 24.6. The van der Waals surface area contributed by atoms with Gasteiger partial charge < -0.3 is 24.4 Å². The van der Waals surface area contributed by atoms with Gasteiger partial charge in [0.2, 0.25) is 0 Å². The molecule has 0 saturated carbocycles. The highest BCUT2D eigenvalue weighted by Gasteiger charge is 2.59. The molecular weight excluding hydrogens is 564 g/mol. The van der Waals surface area contributed by atoms with Gasteiger partial charge in [-0.2, -0.15) is 0 Å². The number of hydrogen-bond donors (Lipinski definition) is 2. The third kappa shape index (κ3) is 5.84. The van der Waals surface area contributed by atoms with Crippen LogP contribution in [0.4, 0.5) is 0 Å². The summed E-state index contributed by atoms with van der Waals surface area (Å²) < 4.78 is 18.7. The Labute approximate surface area is 262 Å². The molecule has 6 rings (SSSR count). The number of hydrogen-bond acceptors (Lipinski definition) is 6. The fourth-order valence-electron chi connectivity index (χ4n) is 5.98. The molecule has 1 aliphatic rings. The average molecular weight is 599 g/mol. The van der Waals surface area contributed by atoms with Crippen molar-refractivity contribution in [2.75, 3.05) is 0 Å². The lowest BCUT2D eigenvalue weighted by atomic mass is 9.72. The van der Waals surface area contributed by atoms with Gasteiger partial charge in [-0.25, -0.2) is 4.79 Å². The fourth-order valence-corrected chi connectivity index (χ4v) is 5.98. The van der Waals surface area contributed by atoms with Crippen molar-refractivity contribution < 1.29 is 29.2 Å². The third-order valence-corrected chi connectivity index (χ3v) is 8.29. The topological polar surface area (TPSA) is 85.2 Å². The molecule has 5 aromatic carbocycles. The summed E-state index contributed by atoms with van der Waals surface area (Å²) in [4.78, 5) is 11.6. The number of carbonyl (C=O) groups is 1. The minimum absolute atomic E-state index is 0.0896. The molecule has 1 fully saturated rings. The minimum Gasteiger partial charge on any atom is -0.458 e. The van der Waals surface area contributed by atoms with Crippen LogP contribution in [0.3, 0.4) is 0 Å². The second-order valence-corrected chi connectivity index (χ2v) is 11.0. The predicted octanol–water partition coefficient (Wildman–Crippen LogP) is 6.57. The van der Waals surface area contributed by atoms with E-state index < -0.39 is 35.7 Å². The molecule has 1 aliphatic heterocycles. The van der Waals surface area contributed by atoms with E-state index in [1.54, 1.807) is 0 Å². The van der Waals surface area contributed by atoms with Gasteiger partial charge in [-0.15, -0.1) is 0 Å². The van der Waals surface area contributed by atoms with Crippen LogP contribution in [0.15, 0.2) is 158 Å². The highest BCUT2D eigenvalue weighted by atomic mass is 16.7. The minimum atomic E-state index is -1.72. The van der Waals surface area contributed by atoms with Gasteiger partial charge in [-0.3, -0.25) is 0 Å². The fraction of sp³-hybridized carbons (Fsp3) is 0.154. The summed E-state index contributed by atoms with van der Waals surface area (Å²) in [6.07, 6.45) is -1.98. The Bertz CT molecular complexity index is 1530. The van der Waals surface area contributed by atoms with Gasteiger partial charge in [-0.1, -0.05) is 152 Å². The number of benzene rings is 5. The Morgan fingerprint density at radius 1 is 0.622 bits per heavy atom. The molecular formula is C39H34O6. The van der Waals surface area contributed by atoms with E-state index in [0.29, 0.717) is 27.8 Å². The lowest BCUT2D eigenvalue weighted by Gasteiger charge is -2.42. The first-order valence-corrected chi connectivity index (χ1v) is 14.8. The average Bonchev–Trinajstić information content (AvgIpc) is 3.58. The molecule has 2 atom stereocenters. The van der Waals surface area contributed by atoms with Crippen LogP contribution >= 0.6 is 0 Å². The van der Waals surface area contributed by atoms with Crippen molar-refractivity contribution in [3.8, 4) is 0 Å². The molecule has 6 nitrogen and oxygen atoms in total. The van der Waals surface area contributed by atoms with Crippen molar-refractivity contribution in [1.29, 1.82) is 0 Å². The second kappa shape index (κ2) is 13.0. The Hall–Kier alpha value is -4.85. The maximum absolute atomic E-state index is 13.0. The molecule has 0 bridgehead atoms. The first-order valence-electron chi connectivity index (χ1n) is 14.8. The summed E-state index contributed by atoms with van der Waals surface area (Å²) in [5, 5.41) is 25.9. The molecule has 226 valence electrons. The summed E-state index contributed by atoms with van der Waals surface area (Å²) in [7, 11) is 0. The van der Waals surface area contributed by atoms with Crippen LogP contribution in [0.1, 0.15) is 39.7 Å². The molecule has 1 heterocycles. The van der Waals surface area contributed by atoms with Gasteiger partial charge in [0.1, 0.15) is 30.0 Å². The molecule has 0 spiro atoms. The zero-order valence-corrected chi connectivity index (χ0v) is 24.6. The monoisotopic (exact) mass is 598 g/mol. The van der Waals surface area contributed by atoms with Crippen LogP contribution in [0, 0.1) is 0 Å². The van der Waals surface area contributed by atoms with E-state index in [1.165, 1.54) is 0 Å². The van der Waals surface area contributed by atoms with Gasteiger partial charge in [0, 0.05) is 11.6 Å². The maximum atomic E-state index is 13.0. The predicted molar refractivity (Wildman–Crippen MR) is 171 cm³/mol. The SMILES string of the molecule is C=CC(=O)OCc1ccc(C2O[C@@H](C(O)(c3ccccc3)c3ccccc3)[C@H](C(O)(c3ccccc3)c3ccccc3)O2)cc1. The van der Waals surface area contributed by atoms with E-state index >= 15 is 0 Å². The van der Waals surface area contributed by atoms with E-state index in [2.05, 4.69) is 6.58 Å². The van der Waals surface area contributed by atoms with Crippen LogP contribution in [0.5, 0.6) is 0 Å². The van der Waals surface area contributed by atoms with E-state index in [4.69, 9.17) is 14.2 Å². The molecule has 5 aromatic rings. The van der Waals surface area contributed by atoms with Crippen LogP contribution in [0.25, 0.3) is 0 Å². The Kier molecular flexibility index (Phi) is 8.74. The molecule has 0 unspecified atom stereocenters. The quantitative estimate of drug-likeness (QED) is 0.140. The number of esters is 1. The van der Waals surface area contributed by atoms with Crippen LogP contribution < -0.4 is 0 Å². The Morgan fingerprint density at radius 3 is 1.31 bits per heavy atom. The Morgan fingerprint density at radius 2 is 0.978 bits per heavy atom. The molecule has 2 N–H and O–H groups in total. The van der Waals surface area contributed by atoms with Crippen LogP contribution in [0.2, 0.25) is 0 Å². The van der Waals surface area contributed by atoms with Gasteiger partial charge in [-0.05, 0) is 27.8 Å². The van der Waals surface area contributed by atoms with Crippen molar-refractivity contribution in [2.24, 2.45) is 0 Å². The molecule has 0 aromatic heterocycles. The van der Waals surface area contributed by atoms with Crippen LogP contribution in [-0.2, 0) is 36.8 Å². The van der Waals surface area contributed by atoms with Gasteiger partial charge in [0.05, 0.1) is 0 Å². The molecule has 0 amide bonds. The van der Waals surface area contributed by atoms with Crippen LogP contribution in [-0.4, -0.2) is 28.4 Å². The highest BCUT2D eigenvalue weighted by Crippen LogP contribution is 2.50. The molecule has 1 saturated heterocycles. The Balaban J connectivity index is 1.50. The lowest BCUT2D eigenvalue weighted by Crippen LogP contribution is -2.54. The third-order valence-electron chi connectivity index (χ3n) is 8.29. The highest BCUT2D eigenvalue weighted by molar-refractivity contribution is 5.81. The number of ether oxygens (including phenoxy) is 3. The molecule has 0 aliphatic carbocycles. The number of aliphatic hydroxyl groups is 2. The smallest absolute Gasteiger partial charge is 0.330 e.